The first-order chi connectivity index (χ1) is 6.65. The molecule has 3 rings (SSSR count). The third kappa shape index (κ3) is 0.757. The van der Waals surface area contributed by atoms with Crippen molar-refractivity contribution in [3.8, 4) is 0 Å². The van der Waals surface area contributed by atoms with Crippen LogP contribution < -0.4 is 0 Å². The van der Waals surface area contributed by atoms with Gasteiger partial charge in [0.25, 0.3) is 0 Å². The molecule has 1 fully saturated rings. The zero-order valence-electron chi connectivity index (χ0n) is 8.16. The smallest absolute Gasteiger partial charge is 0.307 e. The predicted octanol–water partition coefficient (Wildman–Crippen LogP) is 1.31. The Morgan fingerprint density at radius 3 is 2.93 bits per heavy atom. The number of carboxylic acids is 1. The van der Waals surface area contributed by atoms with Gasteiger partial charge < -0.3 is 9.67 Å². The molecule has 1 saturated carbocycles. The normalized spacial score (nSPS) is 26.5. The molecule has 14 heavy (non-hydrogen) atoms. The highest BCUT2D eigenvalue weighted by molar-refractivity contribution is 5.76. The molecule has 74 valence electrons. The summed E-state index contributed by atoms with van der Waals surface area (Å²) in [6.45, 7) is 0. The van der Waals surface area contributed by atoms with E-state index >= 15 is 0 Å². The summed E-state index contributed by atoms with van der Waals surface area (Å²) in [5.41, 5.74) is 2.55. The lowest BCUT2D eigenvalue weighted by Crippen LogP contribution is -2.24. The van der Waals surface area contributed by atoms with E-state index in [1.54, 1.807) is 0 Å². The van der Waals surface area contributed by atoms with Gasteiger partial charge in [0, 0.05) is 30.8 Å². The van der Waals surface area contributed by atoms with Gasteiger partial charge in [0.2, 0.25) is 0 Å². The number of aryl methyl sites for hydroxylation is 1. The van der Waals surface area contributed by atoms with Crippen LogP contribution in [0.4, 0.5) is 0 Å². The van der Waals surface area contributed by atoms with E-state index in [2.05, 4.69) is 10.6 Å². The minimum atomic E-state index is -0.626. The Balaban J connectivity index is 2.11. The van der Waals surface area contributed by atoms with Gasteiger partial charge >= 0.3 is 5.97 Å². The molecular formula is C11H13NO2. The van der Waals surface area contributed by atoms with Crippen LogP contribution in [0.1, 0.15) is 24.1 Å². The minimum absolute atomic E-state index is 0.0163. The van der Waals surface area contributed by atoms with Crippen LogP contribution >= 0.6 is 0 Å². The largest absolute Gasteiger partial charge is 0.481 e. The highest BCUT2D eigenvalue weighted by Gasteiger charge is 2.59. The summed E-state index contributed by atoms with van der Waals surface area (Å²) in [6, 6.07) is 2.10. The van der Waals surface area contributed by atoms with E-state index in [-0.39, 0.29) is 11.3 Å². The van der Waals surface area contributed by atoms with Gasteiger partial charge in [-0.2, -0.15) is 0 Å². The van der Waals surface area contributed by atoms with Gasteiger partial charge in [0.1, 0.15) is 0 Å². The van der Waals surface area contributed by atoms with E-state index in [4.69, 9.17) is 5.11 Å². The van der Waals surface area contributed by atoms with Crippen molar-refractivity contribution < 1.29 is 9.90 Å². The molecule has 0 amide bonds. The molecule has 1 spiro atoms. The van der Waals surface area contributed by atoms with Crippen LogP contribution in [-0.4, -0.2) is 15.6 Å². The molecule has 1 N–H and O–H groups in total. The molecular weight excluding hydrogens is 178 g/mol. The standard InChI is InChI=1S/C11H13NO2/c1-12-5-2-7-9(12)6-8(10(13)14)11(7)3-4-11/h2,5,8H,3-4,6H2,1H3,(H,13,14). The summed E-state index contributed by atoms with van der Waals surface area (Å²) in [6.07, 6.45) is 4.87. The Morgan fingerprint density at radius 1 is 1.64 bits per heavy atom. The van der Waals surface area contributed by atoms with Gasteiger partial charge in [0.15, 0.2) is 0 Å². The fourth-order valence-corrected chi connectivity index (χ4v) is 2.92. The number of fused-ring (bicyclic) bond motifs is 2. The number of hydrogen-bond donors (Lipinski definition) is 1. The van der Waals surface area contributed by atoms with E-state index in [0.717, 1.165) is 12.8 Å². The van der Waals surface area contributed by atoms with Gasteiger partial charge in [-0.15, -0.1) is 0 Å². The summed E-state index contributed by atoms with van der Waals surface area (Å²) >= 11 is 0. The molecule has 2 aliphatic rings. The molecule has 1 aromatic rings. The third-order valence-electron chi connectivity index (χ3n) is 3.89. The van der Waals surface area contributed by atoms with Gasteiger partial charge in [-0.1, -0.05) is 0 Å². The molecule has 0 aliphatic heterocycles. The van der Waals surface area contributed by atoms with Crippen LogP contribution in [-0.2, 0) is 23.7 Å². The van der Waals surface area contributed by atoms with Crippen LogP contribution in [0.25, 0.3) is 0 Å². The Kier molecular flexibility index (Phi) is 1.28. The topological polar surface area (TPSA) is 42.2 Å². The molecule has 3 heteroatoms. The van der Waals surface area contributed by atoms with Crippen LogP contribution in [0.2, 0.25) is 0 Å². The number of carbonyl (C=O) groups is 1. The zero-order valence-corrected chi connectivity index (χ0v) is 8.16. The number of aromatic nitrogens is 1. The highest BCUT2D eigenvalue weighted by atomic mass is 16.4. The van der Waals surface area contributed by atoms with E-state index < -0.39 is 5.97 Å². The van der Waals surface area contributed by atoms with Crippen molar-refractivity contribution in [1.29, 1.82) is 0 Å². The first kappa shape index (κ1) is 8.09. The van der Waals surface area contributed by atoms with E-state index in [9.17, 15) is 4.79 Å². The van der Waals surface area contributed by atoms with Gasteiger partial charge in [0.05, 0.1) is 5.92 Å². The minimum Gasteiger partial charge on any atom is -0.481 e. The number of carboxylic acid groups (broad SMARTS) is 1. The molecule has 1 heterocycles. The van der Waals surface area contributed by atoms with E-state index in [1.165, 1.54) is 11.3 Å². The van der Waals surface area contributed by atoms with Crippen molar-refractivity contribution in [3.63, 3.8) is 0 Å². The molecule has 2 aliphatic carbocycles. The lowest BCUT2D eigenvalue weighted by molar-refractivity contribution is -0.142. The number of aliphatic carboxylic acids is 1. The van der Waals surface area contributed by atoms with Crippen molar-refractivity contribution >= 4 is 5.97 Å². The fourth-order valence-electron chi connectivity index (χ4n) is 2.92. The van der Waals surface area contributed by atoms with Crippen LogP contribution in [0, 0.1) is 5.92 Å². The summed E-state index contributed by atoms with van der Waals surface area (Å²) < 4.78 is 2.07. The average molecular weight is 191 g/mol. The van der Waals surface area contributed by atoms with Crippen LogP contribution in [0.3, 0.4) is 0 Å². The van der Waals surface area contributed by atoms with Gasteiger partial charge in [-0.3, -0.25) is 4.79 Å². The molecule has 0 saturated heterocycles. The first-order valence-electron chi connectivity index (χ1n) is 5.03. The van der Waals surface area contributed by atoms with E-state index in [0.29, 0.717) is 6.42 Å². The lowest BCUT2D eigenvalue weighted by Gasteiger charge is -2.13. The second kappa shape index (κ2) is 2.22. The average Bonchev–Trinajstić information content (AvgIpc) is 2.70. The number of hydrogen-bond acceptors (Lipinski definition) is 1. The molecule has 0 bridgehead atoms. The van der Waals surface area contributed by atoms with Crippen LogP contribution in [0.5, 0.6) is 0 Å². The quantitative estimate of drug-likeness (QED) is 0.727. The van der Waals surface area contributed by atoms with Crippen molar-refractivity contribution in [2.24, 2.45) is 13.0 Å². The summed E-state index contributed by atoms with van der Waals surface area (Å²) in [5.74, 6) is -0.793. The maximum atomic E-state index is 11.1. The van der Waals surface area contributed by atoms with Crippen molar-refractivity contribution in [2.45, 2.75) is 24.7 Å². The Hall–Kier alpha value is -1.25. The Morgan fingerprint density at radius 2 is 2.36 bits per heavy atom. The van der Waals surface area contributed by atoms with Crippen molar-refractivity contribution in [3.05, 3.63) is 23.5 Å². The number of nitrogens with zero attached hydrogens (tertiary/aromatic N) is 1. The maximum Gasteiger partial charge on any atom is 0.307 e. The van der Waals surface area contributed by atoms with Crippen LogP contribution in [0.15, 0.2) is 12.3 Å². The van der Waals surface area contributed by atoms with E-state index in [1.807, 2.05) is 13.2 Å². The summed E-state index contributed by atoms with van der Waals surface area (Å²) in [4.78, 5) is 11.1. The van der Waals surface area contributed by atoms with Gasteiger partial charge in [-0.05, 0) is 24.5 Å². The summed E-state index contributed by atoms with van der Waals surface area (Å²) in [7, 11) is 2.00. The maximum absolute atomic E-state index is 11.1. The van der Waals surface area contributed by atoms with Crippen molar-refractivity contribution in [2.75, 3.05) is 0 Å². The number of rotatable bonds is 1. The second-order valence-electron chi connectivity index (χ2n) is 4.54. The van der Waals surface area contributed by atoms with Crippen molar-refractivity contribution in [1.82, 2.24) is 4.57 Å². The molecule has 0 aromatic carbocycles. The zero-order chi connectivity index (χ0) is 9.92. The molecule has 3 nitrogen and oxygen atoms in total. The first-order valence-corrected chi connectivity index (χ1v) is 5.03. The highest BCUT2D eigenvalue weighted by Crippen LogP contribution is 2.60. The second-order valence-corrected chi connectivity index (χ2v) is 4.54. The lowest BCUT2D eigenvalue weighted by atomic mass is 9.90. The Labute approximate surface area is 82.3 Å². The fraction of sp³-hybridized carbons (Fsp3) is 0.545. The molecule has 1 atom stereocenters. The molecule has 0 radical (unpaired) electrons. The molecule has 1 aromatic heterocycles. The Bertz CT molecular complexity index is 415. The third-order valence-corrected chi connectivity index (χ3v) is 3.89. The molecule has 1 unspecified atom stereocenters. The monoisotopic (exact) mass is 191 g/mol. The SMILES string of the molecule is Cn1ccc2c1CC(C(=O)O)C21CC1. The predicted molar refractivity (Wildman–Crippen MR) is 51.2 cm³/mol. The summed E-state index contributed by atoms with van der Waals surface area (Å²) in [5, 5.41) is 9.16. The van der Waals surface area contributed by atoms with Gasteiger partial charge in [-0.25, -0.2) is 0 Å².